The molecule has 4 aromatic rings. The standard InChI is InChI=1S/C17H12S2/c1-11-13-7-4-5-9-15(13)17(19-11)16-14-8-3-2-6-12(14)10-18-16/h2-10H,1H3. The fraction of sp³-hybridized carbons (Fsp3) is 0.0588. The van der Waals surface area contributed by atoms with E-state index in [9.17, 15) is 0 Å². The predicted octanol–water partition coefficient (Wildman–Crippen LogP) is 6.09. The Hall–Kier alpha value is -1.64. The third-order valence-electron chi connectivity index (χ3n) is 3.52. The van der Waals surface area contributed by atoms with Gasteiger partial charge >= 0.3 is 0 Å². The highest BCUT2D eigenvalue weighted by atomic mass is 32.1. The van der Waals surface area contributed by atoms with E-state index in [1.807, 2.05) is 22.7 Å². The van der Waals surface area contributed by atoms with Gasteiger partial charge in [0.2, 0.25) is 0 Å². The first-order chi connectivity index (χ1) is 9.34. The van der Waals surface area contributed by atoms with Gasteiger partial charge in [0, 0.05) is 15.6 Å². The van der Waals surface area contributed by atoms with Crippen LogP contribution in [0.1, 0.15) is 4.88 Å². The Morgan fingerprint density at radius 2 is 1.42 bits per heavy atom. The Morgan fingerprint density at radius 3 is 2.26 bits per heavy atom. The van der Waals surface area contributed by atoms with Crippen LogP contribution >= 0.6 is 22.7 Å². The minimum atomic E-state index is 1.35. The van der Waals surface area contributed by atoms with Crippen molar-refractivity contribution in [2.75, 3.05) is 0 Å². The Balaban J connectivity index is 2.10. The molecular formula is C17H12S2. The third kappa shape index (κ3) is 1.64. The van der Waals surface area contributed by atoms with Crippen molar-refractivity contribution in [2.45, 2.75) is 6.92 Å². The SMILES string of the molecule is Cc1sc(-c2scc3ccccc23)c2ccccc12. The van der Waals surface area contributed by atoms with E-state index in [4.69, 9.17) is 0 Å². The number of aryl methyl sites for hydroxylation is 1. The average Bonchev–Trinajstić information content (AvgIpc) is 3.01. The molecule has 0 saturated heterocycles. The molecule has 0 nitrogen and oxygen atoms in total. The molecule has 0 bridgehead atoms. The number of benzene rings is 2. The fourth-order valence-electron chi connectivity index (χ4n) is 2.59. The molecule has 0 aliphatic carbocycles. The molecule has 4 rings (SSSR count). The summed E-state index contributed by atoms with van der Waals surface area (Å²) in [5.74, 6) is 0. The maximum absolute atomic E-state index is 2.26. The highest BCUT2D eigenvalue weighted by Gasteiger charge is 2.13. The summed E-state index contributed by atoms with van der Waals surface area (Å²) in [7, 11) is 0. The number of thiophene rings is 2. The second-order valence-electron chi connectivity index (χ2n) is 4.69. The van der Waals surface area contributed by atoms with E-state index in [2.05, 4.69) is 60.8 Å². The molecule has 0 fully saturated rings. The van der Waals surface area contributed by atoms with Gasteiger partial charge < -0.3 is 0 Å². The summed E-state index contributed by atoms with van der Waals surface area (Å²) in [6, 6.07) is 17.4. The van der Waals surface area contributed by atoms with Crippen LogP contribution in [0, 0.1) is 6.92 Å². The van der Waals surface area contributed by atoms with Crippen molar-refractivity contribution in [1.29, 1.82) is 0 Å². The molecule has 0 radical (unpaired) electrons. The maximum Gasteiger partial charge on any atom is 0.0530 e. The van der Waals surface area contributed by atoms with Gasteiger partial charge in [-0.2, -0.15) is 0 Å². The zero-order valence-electron chi connectivity index (χ0n) is 10.5. The maximum atomic E-state index is 2.26. The molecule has 2 heterocycles. The van der Waals surface area contributed by atoms with Crippen molar-refractivity contribution in [3.63, 3.8) is 0 Å². The average molecular weight is 280 g/mol. The summed E-state index contributed by atoms with van der Waals surface area (Å²) in [6.07, 6.45) is 0. The zero-order valence-corrected chi connectivity index (χ0v) is 12.1. The van der Waals surface area contributed by atoms with Crippen LogP contribution in [-0.2, 0) is 0 Å². The summed E-state index contributed by atoms with van der Waals surface area (Å²) >= 11 is 3.77. The normalized spacial score (nSPS) is 11.4. The van der Waals surface area contributed by atoms with Crippen LogP contribution in [0.2, 0.25) is 0 Å². The molecule has 92 valence electrons. The van der Waals surface area contributed by atoms with Gasteiger partial charge in [0.05, 0.1) is 9.75 Å². The third-order valence-corrected chi connectivity index (χ3v) is 5.84. The van der Waals surface area contributed by atoms with E-state index in [1.54, 1.807) is 0 Å². The highest BCUT2D eigenvalue weighted by Crippen LogP contribution is 2.44. The molecule has 0 spiro atoms. The quantitative estimate of drug-likeness (QED) is 0.395. The van der Waals surface area contributed by atoms with E-state index in [-0.39, 0.29) is 0 Å². The van der Waals surface area contributed by atoms with Gasteiger partial charge in [0.25, 0.3) is 0 Å². The number of hydrogen-bond donors (Lipinski definition) is 0. The van der Waals surface area contributed by atoms with Gasteiger partial charge in [-0.05, 0) is 23.1 Å². The number of hydrogen-bond acceptors (Lipinski definition) is 2. The lowest BCUT2D eigenvalue weighted by Crippen LogP contribution is -1.70. The van der Waals surface area contributed by atoms with Crippen LogP contribution in [0.5, 0.6) is 0 Å². The van der Waals surface area contributed by atoms with Crippen LogP contribution in [0.15, 0.2) is 53.9 Å². The molecular weight excluding hydrogens is 268 g/mol. The Kier molecular flexibility index (Phi) is 2.47. The zero-order chi connectivity index (χ0) is 12.8. The van der Waals surface area contributed by atoms with E-state index in [0.29, 0.717) is 0 Å². The van der Waals surface area contributed by atoms with Crippen LogP contribution < -0.4 is 0 Å². The van der Waals surface area contributed by atoms with Gasteiger partial charge in [0.15, 0.2) is 0 Å². The number of rotatable bonds is 1. The number of fused-ring (bicyclic) bond motifs is 2. The molecule has 0 atom stereocenters. The summed E-state index contributed by atoms with van der Waals surface area (Å²) in [5, 5.41) is 7.75. The van der Waals surface area contributed by atoms with Gasteiger partial charge in [-0.25, -0.2) is 0 Å². The smallest absolute Gasteiger partial charge is 0.0530 e. The largest absolute Gasteiger partial charge is 0.142 e. The van der Waals surface area contributed by atoms with Crippen molar-refractivity contribution in [3.05, 3.63) is 58.8 Å². The van der Waals surface area contributed by atoms with Crippen molar-refractivity contribution < 1.29 is 0 Å². The summed E-state index contributed by atoms with van der Waals surface area (Å²) in [4.78, 5) is 4.23. The second kappa shape index (κ2) is 4.19. The van der Waals surface area contributed by atoms with Crippen molar-refractivity contribution in [2.24, 2.45) is 0 Å². The van der Waals surface area contributed by atoms with Crippen LogP contribution in [-0.4, -0.2) is 0 Å². The molecule has 0 aliphatic heterocycles. The Bertz CT molecular complexity index is 880. The van der Waals surface area contributed by atoms with E-state index in [0.717, 1.165) is 0 Å². The first kappa shape index (κ1) is 11.2. The molecule has 19 heavy (non-hydrogen) atoms. The van der Waals surface area contributed by atoms with Crippen molar-refractivity contribution in [3.8, 4) is 9.75 Å². The van der Waals surface area contributed by atoms with E-state index >= 15 is 0 Å². The van der Waals surface area contributed by atoms with Crippen LogP contribution in [0.25, 0.3) is 31.3 Å². The fourth-order valence-corrected chi connectivity index (χ4v) is 4.92. The molecule has 0 aliphatic rings. The molecule has 0 N–H and O–H groups in total. The molecule has 2 aromatic carbocycles. The predicted molar refractivity (Wildman–Crippen MR) is 87.4 cm³/mol. The Labute approximate surface area is 119 Å². The highest BCUT2D eigenvalue weighted by molar-refractivity contribution is 7.23. The Morgan fingerprint density at radius 1 is 0.737 bits per heavy atom. The topological polar surface area (TPSA) is 0 Å². The van der Waals surface area contributed by atoms with Crippen molar-refractivity contribution >= 4 is 44.2 Å². The minimum absolute atomic E-state index is 1.35. The second-order valence-corrected chi connectivity index (χ2v) is 6.79. The summed E-state index contributed by atoms with van der Waals surface area (Å²) in [6.45, 7) is 2.21. The van der Waals surface area contributed by atoms with Crippen LogP contribution in [0.4, 0.5) is 0 Å². The van der Waals surface area contributed by atoms with Crippen molar-refractivity contribution in [1.82, 2.24) is 0 Å². The van der Waals surface area contributed by atoms with E-state index < -0.39 is 0 Å². The van der Waals surface area contributed by atoms with E-state index in [1.165, 1.54) is 36.2 Å². The van der Waals surface area contributed by atoms with Gasteiger partial charge in [0.1, 0.15) is 0 Å². The lowest BCUT2D eigenvalue weighted by Gasteiger charge is -1.97. The van der Waals surface area contributed by atoms with Gasteiger partial charge in [-0.3, -0.25) is 0 Å². The molecule has 0 unspecified atom stereocenters. The molecule has 0 saturated carbocycles. The summed E-state index contributed by atoms with van der Waals surface area (Å²) in [5.41, 5.74) is 0. The van der Waals surface area contributed by atoms with Gasteiger partial charge in [-0.1, -0.05) is 48.5 Å². The lowest BCUT2D eigenvalue weighted by atomic mass is 10.1. The minimum Gasteiger partial charge on any atom is -0.142 e. The molecule has 0 amide bonds. The van der Waals surface area contributed by atoms with Gasteiger partial charge in [-0.15, -0.1) is 22.7 Å². The molecule has 2 aromatic heterocycles. The monoisotopic (exact) mass is 280 g/mol. The first-order valence-electron chi connectivity index (χ1n) is 6.29. The first-order valence-corrected chi connectivity index (χ1v) is 7.99. The molecule has 2 heteroatoms. The van der Waals surface area contributed by atoms with Crippen LogP contribution in [0.3, 0.4) is 0 Å². The summed E-state index contributed by atoms with van der Waals surface area (Å²) < 4.78 is 0. The lowest BCUT2D eigenvalue weighted by molar-refractivity contribution is 1.68.